The van der Waals surface area contributed by atoms with Crippen LogP contribution in [0.2, 0.25) is 0 Å². The van der Waals surface area contributed by atoms with E-state index in [1.165, 1.54) is 6.08 Å². The molecule has 0 aliphatic carbocycles. The third-order valence-electron chi connectivity index (χ3n) is 1.61. The Balaban J connectivity index is -0.000000293. The van der Waals surface area contributed by atoms with Gasteiger partial charge in [-0.15, -0.1) is 0 Å². The van der Waals surface area contributed by atoms with Crippen LogP contribution in [0.25, 0.3) is 0 Å². The number of ether oxygens (including phenoxy) is 2. The normalized spacial score (nSPS) is 9.96. The summed E-state index contributed by atoms with van der Waals surface area (Å²) in [4.78, 5) is 30.3. The summed E-state index contributed by atoms with van der Waals surface area (Å²) < 4.78 is 31.4. The molecular formula is C16H23BrF2O6. The van der Waals surface area contributed by atoms with Gasteiger partial charge in [-0.3, -0.25) is 0 Å². The van der Waals surface area contributed by atoms with Crippen LogP contribution in [0.1, 0.15) is 13.8 Å². The third-order valence-corrected chi connectivity index (χ3v) is 1.98. The van der Waals surface area contributed by atoms with E-state index in [1.807, 2.05) is 0 Å². The fourth-order valence-electron chi connectivity index (χ4n) is 0.808. The van der Waals surface area contributed by atoms with Crippen molar-refractivity contribution in [1.29, 1.82) is 0 Å². The Morgan fingerprint density at radius 2 is 1.28 bits per heavy atom. The molecule has 0 aliphatic rings. The van der Waals surface area contributed by atoms with Crippen LogP contribution in [0.5, 0.6) is 0 Å². The molecule has 0 saturated heterocycles. The van der Waals surface area contributed by atoms with E-state index in [0.717, 1.165) is 24.3 Å². The van der Waals surface area contributed by atoms with E-state index in [9.17, 15) is 23.2 Å². The SMILES string of the molecule is CCOC(=O)/C=C/CBr.CCOC(=O)/C=C/CF.O=C(O)/C=C/CF. The van der Waals surface area contributed by atoms with Gasteiger partial charge in [-0.05, 0) is 26.0 Å². The maximum Gasteiger partial charge on any atom is 0.330 e. The molecule has 0 aromatic rings. The highest BCUT2D eigenvalue weighted by Crippen LogP contribution is 1.84. The van der Waals surface area contributed by atoms with Crippen molar-refractivity contribution in [2.24, 2.45) is 0 Å². The second kappa shape index (κ2) is 24.2. The third kappa shape index (κ3) is 34.4. The molecule has 0 radical (unpaired) electrons. The smallest absolute Gasteiger partial charge is 0.330 e. The minimum atomic E-state index is -1.11. The van der Waals surface area contributed by atoms with E-state index in [-0.39, 0.29) is 5.97 Å². The van der Waals surface area contributed by atoms with Crippen molar-refractivity contribution in [3.8, 4) is 0 Å². The van der Waals surface area contributed by atoms with Gasteiger partial charge in [0.05, 0.1) is 13.2 Å². The van der Waals surface area contributed by atoms with Gasteiger partial charge in [-0.2, -0.15) is 0 Å². The molecule has 9 heteroatoms. The van der Waals surface area contributed by atoms with Gasteiger partial charge in [0.25, 0.3) is 0 Å². The highest BCUT2D eigenvalue weighted by atomic mass is 79.9. The van der Waals surface area contributed by atoms with Crippen molar-refractivity contribution >= 4 is 33.8 Å². The van der Waals surface area contributed by atoms with Crippen molar-refractivity contribution in [2.45, 2.75) is 13.8 Å². The van der Waals surface area contributed by atoms with Gasteiger partial charge < -0.3 is 14.6 Å². The largest absolute Gasteiger partial charge is 0.478 e. The molecule has 0 aromatic carbocycles. The van der Waals surface area contributed by atoms with Crippen LogP contribution in [-0.4, -0.2) is 54.9 Å². The number of carboxylic acids is 1. The molecule has 0 fully saturated rings. The number of rotatable bonds is 8. The Hall–Kier alpha value is -2.03. The summed E-state index contributed by atoms with van der Waals surface area (Å²) >= 11 is 3.13. The molecule has 0 aromatic heterocycles. The molecule has 25 heavy (non-hydrogen) atoms. The molecule has 0 rings (SSSR count). The lowest BCUT2D eigenvalue weighted by Gasteiger charge is -1.92. The molecular weight excluding hydrogens is 406 g/mol. The minimum absolute atomic E-state index is 0.281. The number of alkyl halides is 3. The van der Waals surface area contributed by atoms with Crippen LogP contribution < -0.4 is 0 Å². The summed E-state index contributed by atoms with van der Waals surface area (Å²) in [5.74, 6) is -1.88. The lowest BCUT2D eigenvalue weighted by molar-refractivity contribution is -0.138. The van der Waals surface area contributed by atoms with Crippen molar-refractivity contribution in [3.63, 3.8) is 0 Å². The standard InChI is InChI=1S/C6H9BrO2.C6H9FO2.C4H5FO2/c2*1-2-9-6(8)4-3-5-7;5-3-1-2-4(6)7/h2*3-4H,2,5H2,1H3;1-2H,3H2,(H,6,7)/b2*4-3+;2-1+. The van der Waals surface area contributed by atoms with E-state index in [4.69, 9.17) is 5.11 Å². The monoisotopic (exact) mass is 428 g/mol. The summed E-state index contributed by atoms with van der Waals surface area (Å²) in [6.45, 7) is 2.90. The Labute approximate surface area is 154 Å². The Morgan fingerprint density at radius 3 is 1.56 bits per heavy atom. The highest BCUT2D eigenvalue weighted by molar-refractivity contribution is 9.09. The van der Waals surface area contributed by atoms with E-state index in [2.05, 4.69) is 25.4 Å². The average Bonchev–Trinajstić information content (AvgIpc) is 2.58. The molecule has 0 saturated carbocycles. The number of carbonyl (C=O) groups excluding carboxylic acids is 2. The van der Waals surface area contributed by atoms with Gasteiger partial charge in [0.2, 0.25) is 0 Å². The van der Waals surface area contributed by atoms with Crippen LogP contribution in [-0.2, 0) is 23.9 Å². The van der Waals surface area contributed by atoms with Gasteiger partial charge in [0, 0.05) is 23.6 Å². The lowest BCUT2D eigenvalue weighted by atomic mass is 10.5. The number of halogens is 3. The Kier molecular flexibility index (Phi) is 26.9. The number of carbonyl (C=O) groups is 3. The van der Waals surface area contributed by atoms with Gasteiger partial charge in [0.1, 0.15) is 13.3 Å². The Morgan fingerprint density at radius 1 is 0.880 bits per heavy atom. The van der Waals surface area contributed by atoms with Crippen LogP contribution in [0.15, 0.2) is 36.5 Å². The van der Waals surface area contributed by atoms with E-state index >= 15 is 0 Å². The number of allylic oxidation sites excluding steroid dienone is 3. The van der Waals surface area contributed by atoms with E-state index in [0.29, 0.717) is 18.5 Å². The zero-order chi connectivity index (χ0) is 19.9. The van der Waals surface area contributed by atoms with E-state index in [1.54, 1.807) is 19.9 Å². The van der Waals surface area contributed by atoms with Gasteiger partial charge in [0.15, 0.2) is 0 Å². The molecule has 0 bridgehead atoms. The van der Waals surface area contributed by atoms with Crippen LogP contribution in [0.4, 0.5) is 8.78 Å². The van der Waals surface area contributed by atoms with Crippen molar-refractivity contribution in [2.75, 3.05) is 31.9 Å². The van der Waals surface area contributed by atoms with Crippen molar-refractivity contribution in [1.82, 2.24) is 0 Å². The van der Waals surface area contributed by atoms with Crippen LogP contribution in [0, 0.1) is 0 Å². The molecule has 0 aliphatic heterocycles. The maximum absolute atomic E-state index is 11.3. The van der Waals surface area contributed by atoms with Crippen LogP contribution >= 0.6 is 15.9 Å². The molecule has 0 atom stereocenters. The summed E-state index contributed by atoms with van der Waals surface area (Å²) in [6.07, 6.45) is 6.97. The second-order valence-corrected chi connectivity index (χ2v) is 4.16. The molecule has 0 heterocycles. The first-order valence-electron chi connectivity index (χ1n) is 7.13. The average molecular weight is 429 g/mol. The molecule has 0 unspecified atom stereocenters. The second-order valence-electron chi connectivity index (χ2n) is 3.51. The van der Waals surface area contributed by atoms with E-state index < -0.39 is 25.3 Å². The fourth-order valence-corrected chi connectivity index (χ4v) is 0.995. The number of hydrogen-bond donors (Lipinski definition) is 1. The first kappa shape index (κ1) is 27.8. The minimum Gasteiger partial charge on any atom is -0.478 e. The topological polar surface area (TPSA) is 89.9 Å². The summed E-state index contributed by atoms with van der Waals surface area (Å²) in [6, 6.07) is 0. The van der Waals surface area contributed by atoms with Gasteiger partial charge in [-0.1, -0.05) is 22.0 Å². The molecule has 0 amide bonds. The van der Waals surface area contributed by atoms with Crippen molar-refractivity contribution in [3.05, 3.63) is 36.5 Å². The van der Waals surface area contributed by atoms with Crippen LogP contribution in [0.3, 0.4) is 0 Å². The quantitative estimate of drug-likeness (QED) is 0.362. The predicted octanol–water partition coefficient (Wildman–Crippen LogP) is 3.17. The van der Waals surface area contributed by atoms with Gasteiger partial charge >= 0.3 is 17.9 Å². The summed E-state index contributed by atoms with van der Waals surface area (Å²) in [5, 5.41) is 8.48. The summed E-state index contributed by atoms with van der Waals surface area (Å²) in [7, 11) is 0. The highest BCUT2D eigenvalue weighted by Gasteiger charge is 1.90. The Bertz CT molecular complexity index is 408. The zero-order valence-corrected chi connectivity index (χ0v) is 15.7. The molecule has 0 spiro atoms. The maximum atomic E-state index is 11.3. The first-order valence-corrected chi connectivity index (χ1v) is 8.25. The first-order chi connectivity index (χ1) is 11.9. The lowest BCUT2D eigenvalue weighted by Crippen LogP contribution is -1.98. The van der Waals surface area contributed by atoms with Crippen molar-refractivity contribution < 1.29 is 37.7 Å². The molecule has 1 N–H and O–H groups in total. The predicted molar refractivity (Wildman–Crippen MR) is 94.1 cm³/mol. The number of aliphatic carboxylic acids is 1. The fraction of sp³-hybridized carbons (Fsp3) is 0.438. The van der Waals surface area contributed by atoms with Gasteiger partial charge in [-0.25, -0.2) is 23.2 Å². The molecule has 6 nitrogen and oxygen atoms in total. The number of hydrogen-bond acceptors (Lipinski definition) is 5. The molecule has 144 valence electrons. The number of carboxylic acid groups (broad SMARTS) is 1. The number of esters is 2. The summed E-state index contributed by atoms with van der Waals surface area (Å²) in [5.41, 5.74) is 0. The zero-order valence-electron chi connectivity index (χ0n) is 14.1.